The Hall–Kier alpha value is -2.84. The Kier molecular flexibility index (Phi) is 5.06. The molecule has 0 saturated carbocycles. The van der Waals surface area contributed by atoms with Crippen molar-refractivity contribution in [1.82, 2.24) is 10.3 Å². The molecular formula is C21H19F3N2O3. The maximum atomic E-state index is 14.3. The number of carbonyl (C=O) groups is 1. The van der Waals surface area contributed by atoms with Gasteiger partial charge in [-0.2, -0.15) is 0 Å². The first kappa shape index (κ1) is 19.5. The van der Waals surface area contributed by atoms with Gasteiger partial charge in [0.1, 0.15) is 23.0 Å². The van der Waals surface area contributed by atoms with Crippen molar-refractivity contribution in [1.29, 1.82) is 0 Å². The standard InChI is InChI=1S/C21H19F3N2O3/c22-13-3-1-12(2-4-13)19-15(16-7-14(23)8-17(24)20(16)25-19)5-6-18(28)26-21(9-27)10-29-11-21/h1-4,7-8,25,27H,5-6,9-11H2,(H,26,28). The predicted octanol–water partition coefficient (Wildman–Crippen LogP) is 3.06. The molecule has 152 valence electrons. The van der Waals surface area contributed by atoms with Crippen molar-refractivity contribution in [2.24, 2.45) is 0 Å². The Bertz CT molecular complexity index is 1050. The minimum atomic E-state index is -0.769. The lowest BCUT2D eigenvalue weighted by Gasteiger charge is -2.40. The number of H-pyrrole nitrogens is 1. The Morgan fingerprint density at radius 1 is 1.14 bits per heavy atom. The number of aryl methyl sites for hydroxylation is 1. The molecular weight excluding hydrogens is 385 g/mol. The fourth-order valence-corrected chi connectivity index (χ4v) is 3.54. The van der Waals surface area contributed by atoms with Gasteiger partial charge in [-0.15, -0.1) is 0 Å². The number of aliphatic hydroxyl groups is 1. The zero-order valence-corrected chi connectivity index (χ0v) is 15.4. The van der Waals surface area contributed by atoms with E-state index < -0.39 is 23.0 Å². The second kappa shape index (κ2) is 7.53. The Balaban J connectivity index is 1.67. The van der Waals surface area contributed by atoms with Crippen molar-refractivity contribution in [3.63, 3.8) is 0 Å². The molecule has 1 fully saturated rings. The second-order valence-electron chi connectivity index (χ2n) is 7.28. The Morgan fingerprint density at radius 3 is 2.48 bits per heavy atom. The minimum Gasteiger partial charge on any atom is -0.394 e. The number of aliphatic hydroxyl groups excluding tert-OH is 1. The zero-order valence-electron chi connectivity index (χ0n) is 15.4. The van der Waals surface area contributed by atoms with Crippen LogP contribution in [0.1, 0.15) is 12.0 Å². The Morgan fingerprint density at radius 2 is 1.86 bits per heavy atom. The maximum absolute atomic E-state index is 14.3. The molecule has 0 radical (unpaired) electrons. The average molecular weight is 404 g/mol. The summed E-state index contributed by atoms with van der Waals surface area (Å²) in [6.07, 6.45) is 0.241. The van der Waals surface area contributed by atoms with Crippen LogP contribution in [0.25, 0.3) is 22.2 Å². The van der Waals surface area contributed by atoms with Crippen LogP contribution in [0.5, 0.6) is 0 Å². The fourth-order valence-electron chi connectivity index (χ4n) is 3.54. The summed E-state index contributed by atoms with van der Waals surface area (Å²) in [6.45, 7) is 0.238. The van der Waals surface area contributed by atoms with Gasteiger partial charge in [-0.1, -0.05) is 0 Å². The van der Waals surface area contributed by atoms with Gasteiger partial charge in [-0.05, 0) is 47.9 Å². The molecule has 1 aliphatic rings. The van der Waals surface area contributed by atoms with Crippen LogP contribution in [0.2, 0.25) is 0 Å². The minimum absolute atomic E-state index is 0.0427. The lowest BCUT2D eigenvalue weighted by atomic mass is 9.97. The number of nitrogens with one attached hydrogen (secondary N) is 2. The maximum Gasteiger partial charge on any atom is 0.220 e. The lowest BCUT2D eigenvalue weighted by molar-refractivity contribution is -0.137. The van der Waals surface area contributed by atoms with Gasteiger partial charge in [-0.25, -0.2) is 13.2 Å². The number of carbonyl (C=O) groups excluding carboxylic acids is 1. The third-order valence-electron chi connectivity index (χ3n) is 5.13. The molecule has 0 aliphatic carbocycles. The van der Waals surface area contributed by atoms with Gasteiger partial charge in [0, 0.05) is 23.6 Å². The molecule has 2 aromatic carbocycles. The molecule has 0 spiro atoms. The number of fused-ring (bicyclic) bond motifs is 1. The lowest BCUT2D eigenvalue weighted by Crippen LogP contribution is -2.64. The number of aromatic amines is 1. The highest BCUT2D eigenvalue weighted by molar-refractivity contribution is 5.92. The van der Waals surface area contributed by atoms with Crippen LogP contribution in [0.15, 0.2) is 36.4 Å². The number of halogens is 3. The summed E-state index contributed by atoms with van der Waals surface area (Å²) in [5.41, 5.74) is 1.01. The topological polar surface area (TPSA) is 74.4 Å². The van der Waals surface area contributed by atoms with E-state index in [-0.39, 0.29) is 44.1 Å². The summed E-state index contributed by atoms with van der Waals surface area (Å²) in [6, 6.07) is 7.61. The molecule has 0 unspecified atom stereocenters. The van der Waals surface area contributed by atoms with Crippen molar-refractivity contribution >= 4 is 16.8 Å². The van der Waals surface area contributed by atoms with E-state index in [0.717, 1.165) is 6.07 Å². The molecule has 0 atom stereocenters. The smallest absolute Gasteiger partial charge is 0.220 e. The number of hydrogen-bond acceptors (Lipinski definition) is 3. The van der Waals surface area contributed by atoms with Crippen LogP contribution in [-0.4, -0.2) is 41.4 Å². The largest absolute Gasteiger partial charge is 0.394 e. The van der Waals surface area contributed by atoms with Crippen molar-refractivity contribution in [3.05, 3.63) is 59.4 Å². The first-order valence-corrected chi connectivity index (χ1v) is 9.16. The van der Waals surface area contributed by atoms with Crippen LogP contribution in [-0.2, 0) is 16.0 Å². The molecule has 5 nitrogen and oxygen atoms in total. The van der Waals surface area contributed by atoms with Gasteiger partial charge in [0.05, 0.1) is 25.3 Å². The summed E-state index contributed by atoms with van der Waals surface area (Å²) in [7, 11) is 0. The van der Waals surface area contributed by atoms with E-state index in [9.17, 15) is 23.1 Å². The first-order chi connectivity index (χ1) is 13.9. The van der Waals surface area contributed by atoms with E-state index in [4.69, 9.17) is 4.74 Å². The highest BCUT2D eigenvalue weighted by Crippen LogP contribution is 2.33. The van der Waals surface area contributed by atoms with Gasteiger partial charge in [0.15, 0.2) is 0 Å². The van der Waals surface area contributed by atoms with Gasteiger partial charge < -0.3 is 20.1 Å². The van der Waals surface area contributed by atoms with E-state index in [1.54, 1.807) is 0 Å². The van der Waals surface area contributed by atoms with E-state index >= 15 is 0 Å². The molecule has 1 saturated heterocycles. The average Bonchev–Trinajstić information content (AvgIpc) is 3.02. The predicted molar refractivity (Wildman–Crippen MR) is 101 cm³/mol. The fraction of sp³-hybridized carbons (Fsp3) is 0.286. The van der Waals surface area contributed by atoms with Gasteiger partial charge in [-0.3, -0.25) is 4.79 Å². The third kappa shape index (κ3) is 3.73. The number of amides is 1. The van der Waals surface area contributed by atoms with Crippen molar-refractivity contribution in [2.45, 2.75) is 18.4 Å². The molecule has 3 aromatic rings. The molecule has 2 heterocycles. The van der Waals surface area contributed by atoms with Crippen molar-refractivity contribution in [3.8, 4) is 11.3 Å². The van der Waals surface area contributed by atoms with Crippen LogP contribution in [0.4, 0.5) is 13.2 Å². The number of hydrogen-bond donors (Lipinski definition) is 3. The number of aromatic nitrogens is 1. The highest BCUT2D eigenvalue weighted by atomic mass is 19.1. The normalized spacial score (nSPS) is 15.3. The Labute approximate surface area is 164 Å². The van der Waals surface area contributed by atoms with Crippen LogP contribution in [0.3, 0.4) is 0 Å². The van der Waals surface area contributed by atoms with Crippen molar-refractivity contribution in [2.75, 3.05) is 19.8 Å². The molecule has 1 amide bonds. The molecule has 0 bridgehead atoms. The zero-order chi connectivity index (χ0) is 20.6. The molecule has 1 aromatic heterocycles. The monoisotopic (exact) mass is 404 g/mol. The molecule has 8 heteroatoms. The summed E-state index contributed by atoms with van der Waals surface area (Å²) in [5, 5.41) is 12.5. The first-order valence-electron chi connectivity index (χ1n) is 9.16. The summed E-state index contributed by atoms with van der Waals surface area (Å²) in [5.74, 6) is -2.19. The summed E-state index contributed by atoms with van der Waals surface area (Å²) < 4.78 is 46.5. The van der Waals surface area contributed by atoms with E-state index in [1.807, 2.05) is 0 Å². The molecule has 1 aliphatic heterocycles. The van der Waals surface area contributed by atoms with E-state index in [1.165, 1.54) is 30.3 Å². The SMILES string of the molecule is O=C(CCc1c(-c2ccc(F)cc2)[nH]c2c(F)cc(F)cc12)NC1(CO)COC1. The molecule has 29 heavy (non-hydrogen) atoms. The van der Waals surface area contributed by atoms with Gasteiger partial charge >= 0.3 is 0 Å². The number of benzene rings is 2. The summed E-state index contributed by atoms with van der Waals surface area (Å²) >= 11 is 0. The van der Waals surface area contributed by atoms with E-state index in [2.05, 4.69) is 10.3 Å². The molecule has 3 N–H and O–H groups in total. The van der Waals surface area contributed by atoms with Gasteiger partial charge in [0.25, 0.3) is 0 Å². The molecule has 4 rings (SSSR count). The van der Waals surface area contributed by atoms with Crippen LogP contribution in [0, 0.1) is 17.5 Å². The summed E-state index contributed by atoms with van der Waals surface area (Å²) in [4.78, 5) is 15.3. The van der Waals surface area contributed by atoms with Crippen LogP contribution < -0.4 is 5.32 Å². The van der Waals surface area contributed by atoms with E-state index in [0.29, 0.717) is 22.2 Å². The second-order valence-corrected chi connectivity index (χ2v) is 7.28. The number of rotatable bonds is 6. The van der Waals surface area contributed by atoms with Gasteiger partial charge in [0.2, 0.25) is 5.91 Å². The van der Waals surface area contributed by atoms with Crippen molar-refractivity contribution < 1.29 is 27.8 Å². The quantitative estimate of drug-likeness (QED) is 0.591. The third-order valence-corrected chi connectivity index (χ3v) is 5.13. The van der Waals surface area contributed by atoms with Crippen LogP contribution >= 0.6 is 0 Å². The number of ether oxygens (including phenoxy) is 1. The highest BCUT2D eigenvalue weighted by Gasteiger charge is 2.39.